The van der Waals surface area contributed by atoms with E-state index in [1.54, 1.807) is 0 Å². The van der Waals surface area contributed by atoms with Crippen LogP contribution in [0.25, 0.3) is 0 Å². The van der Waals surface area contributed by atoms with Crippen molar-refractivity contribution in [3.63, 3.8) is 0 Å². The number of ether oxygens (including phenoxy) is 1. The second-order valence-electron chi connectivity index (χ2n) is 6.41. The van der Waals surface area contributed by atoms with Crippen molar-refractivity contribution < 1.29 is 9.53 Å². The largest absolute Gasteiger partial charge is 0.380 e. The molecule has 0 aromatic heterocycles. The number of halogens is 1. The van der Waals surface area contributed by atoms with Crippen LogP contribution in [0.5, 0.6) is 0 Å². The average molecular weight is 370 g/mol. The fraction of sp³-hybridized carbons (Fsp3) is 0.632. The Labute approximate surface area is 157 Å². The van der Waals surface area contributed by atoms with Crippen molar-refractivity contribution in [3.05, 3.63) is 35.9 Å². The zero-order chi connectivity index (χ0) is 17.2. The molecule has 1 fully saturated rings. The molecule has 142 valence electrons. The minimum atomic E-state index is 0. The van der Waals surface area contributed by atoms with Gasteiger partial charge in [0.15, 0.2) is 0 Å². The Morgan fingerprint density at radius 1 is 1.20 bits per heavy atom. The van der Waals surface area contributed by atoms with E-state index in [-0.39, 0.29) is 24.4 Å². The van der Waals surface area contributed by atoms with Crippen LogP contribution in [-0.2, 0) is 16.0 Å². The van der Waals surface area contributed by atoms with Gasteiger partial charge in [-0.3, -0.25) is 9.69 Å². The maximum Gasteiger partial charge on any atom is 0.222 e. The third kappa shape index (κ3) is 8.19. The molecule has 0 spiro atoms. The molecule has 2 rings (SSSR count). The van der Waals surface area contributed by atoms with Crippen LogP contribution in [0.1, 0.15) is 25.3 Å². The van der Waals surface area contributed by atoms with E-state index in [1.165, 1.54) is 5.56 Å². The topological polar surface area (TPSA) is 58.8 Å². The van der Waals surface area contributed by atoms with Crippen molar-refractivity contribution in [3.8, 4) is 0 Å². The summed E-state index contributed by atoms with van der Waals surface area (Å²) in [4.78, 5) is 16.7. The normalized spacial score (nSPS) is 16.3. The lowest BCUT2D eigenvalue weighted by atomic mass is 10.0. The van der Waals surface area contributed by atoms with Crippen molar-refractivity contribution >= 4 is 18.3 Å². The summed E-state index contributed by atoms with van der Waals surface area (Å²) in [6, 6.07) is 10.3. The van der Waals surface area contributed by atoms with Crippen LogP contribution in [0, 0.1) is 0 Å². The zero-order valence-electron chi connectivity index (χ0n) is 15.2. The van der Waals surface area contributed by atoms with Gasteiger partial charge in [0.25, 0.3) is 0 Å². The molecule has 0 saturated carbocycles. The van der Waals surface area contributed by atoms with Crippen LogP contribution >= 0.6 is 12.4 Å². The minimum absolute atomic E-state index is 0. The minimum Gasteiger partial charge on any atom is -0.380 e. The van der Waals surface area contributed by atoms with Gasteiger partial charge in [0, 0.05) is 51.8 Å². The van der Waals surface area contributed by atoms with Gasteiger partial charge in [-0.1, -0.05) is 30.3 Å². The first-order valence-corrected chi connectivity index (χ1v) is 9.06. The molecule has 1 aromatic rings. The van der Waals surface area contributed by atoms with Crippen LogP contribution in [0.4, 0.5) is 0 Å². The highest BCUT2D eigenvalue weighted by Gasteiger charge is 2.21. The summed E-state index contributed by atoms with van der Waals surface area (Å²) in [6.07, 6.45) is 2.13. The standard InChI is InChI=1S/C19H31N3O2.ClH/c1-2-24-15-14-21-10-12-22(13-11-21)19(23)9-8-18(20)16-17-6-4-3-5-7-17;/h3-7,18H,2,8-16,20H2,1H3;1H/t18-;/m0./s1. The van der Waals surface area contributed by atoms with Crippen LogP contribution in [0.3, 0.4) is 0 Å². The lowest BCUT2D eigenvalue weighted by Gasteiger charge is -2.34. The molecule has 5 nitrogen and oxygen atoms in total. The fourth-order valence-electron chi connectivity index (χ4n) is 3.04. The number of piperazine rings is 1. The highest BCUT2D eigenvalue weighted by molar-refractivity contribution is 5.85. The maximum absolute atomic E-state index is 12.3. The van der Waals surface area contributed by atoms with E-state index >= 15 is 0 Å². The van der Waals surface area contributed by atoms with Crippen molar-refractivity contribution in [1.29, 1.82) is 0 Å². The van der Waals surface area contributed by atoms with Crippen molar-refractivity contribution in [2.24, 2.45) is 5.73 Å². The third-order valence-corrected chi connectivity index (χ3v) is 4.55. The smallest absolute Gasteiger partial charge is 0.222 e. The van der Waals surface area contributed by atoms with Crippen LogP contribution in [0.2, 0.25) is 0 Å². The van der Waals surface area contributed by atoms with Gasteiger partial charge in [-0.05, 0) is 25.3 Å². The first-order chi connectivity index (χ1) is 11.7. The summed E-state index contributed by atoms with van der Waals surface area (Å²) >= 11 is 0. The van der Waals surface area contributed by atoms with E-state index < -0.39 is 0 Å². The summed E-state index contributed by atoms with van der Waals surface area (Å²) in [5.74, 6) is 0.239. The molecule has 0 radical (unpaired) electrons. The van der Waals surface area contributed by atoms with Gasteiger partial charge in [0.05, 0.1) is 6.61 Å². The van der Waals surface area contributed by atoms with E-state index in [0.29, 0.717) is 6.42 Å². The van der Waals surface area contributed by atoms with E-state index in [0.717, 1.165) is 58.8 Å². The molecule has 1 aliphatic heterocycles. The summed E-state index contributed by atoms with van der Waals surface area (Å²) in [6.45, 7) is 8.03. The number of carbonyl (C=O) groups is 1. The molecule has 2 N–H and O–H groups in total. The van der Waals surface area contributed by atoms with Crippen molar-refractivity contribution in [1.82, 2.24) is 9.80 Å². The SMILES string of the molecule is CCOCCN1CCN(C(=O)CC[C@H](N)Cc2ccccc2)CC1.Cl. The Morgan fingerprint density at radius 3 is 2.52 bits per heavy atom. The van der Waals surface area contributed by atoms with Crippen molar-refractivity contribution in [2.75, 3.05) is 45.9 Å². The van der Waals surface area contributed by atoms with Gasteiger partial charge in [-0.15, -0.1) is 12.4 Å². The molecule has 1 aliphatic rings. The number of hydrogen-bond acceptors (Lipinski definition) is 4. The predicted octanol–water partition coefficient (Wildman–Crippen LogP) is 1.94. The number of nitrogens with zero attached hydrogens (tertiary/aromatic N) is 2. The van der Waals surface area contributed by atoms with Gasteiger partial charge in [0.2, 0.25) is 5.91 Å². The van der Waals surface area contributed by atoms with E-state index in [9.17, 15) is 4.79 Å². The summed E-state index contributed by atoms with van der Waals surface area (Å²) < 4.78 is 5.39. The van der Waals surface area contributed by atoms with Gasteiger partial charge in [0.1, 0.15) is 0 Å². The number of hydrogen-bond donors (Lipinski definition) is 1. The Kier molecular flexibility index (Phi) is 10.7. The van der Waals surface area contributed by atoms with Gasteiger partial charge in [-0.25, -0.2) is 0 Å². The van der Waals surface area contributed by atoms with Gasteiger partial charge >= 0.3 is 0 Å². The number of nitrogens with two attached hydrogens (primary N) is 1. The highest BCUT2D eigenvalue weighted by Crippen LogP contribution is 2.09. The lowest BCUT2D eigenvalue weighted by Crippen LogP contribution is -2.49. The molecule has 1 amide bonds. The Hall–Kier alpha value is -1.14. The van der Waals surface area contributed by atoms with Crippen LogP contribution in [0.15, 0.2) is 30.3 Å². The second-order valence-corrected chi connectivity index (χ2v) is 6.41. The molecule has 0 aliphatic carbocycles. The second kappa shape index (κ2) is 12.3. The fourth-order valence-corrected chi connectivity index (χ4v) is 3.04. The van der Waals surface area contributed by atoms with Crippen LogP contribution < -0.4 is 5.73 Å². The van der Waals surface area contributed by atoms with Gasteiger partial charge in [-0.2, -0.15) is 0 Å². The van der Waals surface area contributed by atoms with Gasteiger partial charge < -0.3 is 15.4 Å². The van der Waals surface area contributed by atoms with E-state index in [1.807, 2.05) is 30.0 Å². The highest BCUT2D eigenvalue weighted by atomic mass is 35.5. The summed E-state index contributed by atoms with van der Waals surface area (Å²) in [5.41, 5.74) is 7.42. The Morgan fingerprint density at radius 2 is 1.88 bits per heavy atom. The summed E-state index contributed by atoms with van der Waals surface area (Å²) in [7, 11) is 0. The van der Waals surface area contributed by atoms with E-state index in [4.69, 9.17) is 10.5 Å². The number of rotatable bonds is 9. The summed E-state index contributed by atoms with van der Waals surface area (Å²) in [5, 5.41) is 0. The number of amides is 1. The first-order valence-electron chi connectivity index (χ1n) is 9.06. The van der Waals surface area contributed by atoms with Crippen molar-refractivity contribution in [2.45, 2.75) is 32.2 Å². The average Bonchev–Trinajstić information content (AvgIpc) is 2.61. The molecule has 1 heterocycles. The zero-order valence-corrected chi connectivity index (χ0v) is 16.0. The third-order valence-electron chi connectivity index (χ3n) is 4.55. The molecular formula is C19H32ClN3O2. The predicted molar refractivity (Wildman–Crippen MR) is 104 cm³/mol. The molecule has 25 heavy (non-hydrogen) atoms. The quantitative estimate of drug-likeness (QED) is 0.676. The molecular weight excluding hydrogens is 338 g/mol. The molecule has 1 saturated heterocycles. The monoisotopic (exact) mass is 369 g/mol. The lowest BCUT2D eigenvalue weighted by molar-refractivity contribution is -0.133. The molecule has 0 unspecified atom stereocenters. The number of carbonyl (C=O) groups excluding carboxylic acids is 1. The Balaban J connectivity index is 0.00000312. The van der Waals surface area contributed by atoms with E-state index in [2.05, 4.69) is 17.0 Å². The molecule has 0 bridgehead atoms. The molecule has 1 atom stereocenters. The first kappa shape index (κ1) is 21.9. The maximum atomic E-state index is 12.3. The number of benzene rings is 1. The van der Waals surface area contributed by atoms with Crippen LogP contribution in [-0.4, -0.2) is 67.7 Å². The Bertz CT molecular complexity index is 479. The molecule has 6 heteroatoms. The molecule has 1 aromatic carbocycles.